The summed E-state index contributed by atoms with van der Waals surface area (Å²) in [7, 11) is 0. The fraction of sp³-hybridized carbons (Fsp3) is 0. The second-order valence-electron chi connectivity index (χ2n) is 2.63. The largest absolute Gasteiger partial charge is 0.508 e. The molecule has 70 valence electrons. The molecule has 0 fully saturated rings. The minimum absolute atomic E-state index is 0.255. The molecule has 3 nitrogen and oxygen atoms in total. The Balaban J connectivity index is 2.19. The third-order valence-corrected chi connectivity index (χ3v) is 2.45. The zero-order valence-corrected chi connectivity index (χ0v) is 8.11. The smallest absolute Gasteiger partial charge is 0.192 e. The average molecular weight is 204 g/mol. The summed E-state index contributed by atoms with van der Waals surface area (Å²) in [4.78, 5) is 9.07. The molecule has 4 heteroatoms. The summed E-state index contributed by atoms with van der Waals surface area (Å²) in [5.74, 6) is 0.255. The van der Waals surface area contributed by atoms with Crippen molar-refractivity contribution in [2.24, 2.45) is 0 Å². The van der Waals surface area contributed by atoms with Crippen LogP contribution in [0.3, 0.4) is 0 Å². The van der Waals surface area contributed by atoms with Gasteiger partial charge in [-0.05, 0) is 36.0 Å². The molecule has 0 spiro atoms. The summed E-state index contributed by atoms with van der Waals surface area (Å²) in [6.07, 6.45) is 3.39. The van der Waals surface area contributed by atoms with Gasteiger partial charge in [-0.3, -0.25) is 0 Å². The third kappa shape index (κ3) is 2.23. The highest BCUT2D eigenvalue weighted by Gasteiger charge is 1.99. The van der Waals surface area contributed by atoms with Gasteiger partial charge in [-0.25, -0.2) is 9.97 Å². The van der Waals surface area contributed by atoms with Crippen LogP contribution in [0.5, 0.6) is 5.75 Å². The predicted molar refractivity (Wildman–Crippen MR) is 54.3 cm³/mol. The van der Waals surface area contributed by atoms with Gasteiger partial charge in [0.25, 0.3) is 0 Å². The second kappa shape index (κ2) is 4.11. The standard InChI is InChI=1S/C10H8N2OS/c13-8-3-1-4-9(7-8)14-10-11-5-2-6-12-10/h1-7,13H. The lowest BCUT2D eigenvalue weighted by atomic mass is 10.3. The van der Waals surface area contributed by atoms with Crippen LogP contribution in [0.15, 0.2) is 52.8 Å². The Hall–Kier alpha value is -1.55. The summed E-state index contributed by atoms with van der Waals surface area (Å²) in [5, 5.41) is 9.92. The number of hydrogen-bond acceptors (Lipinski definition) is 4. The van der Waals surface area contributed by atoms with Gasteiger partial charge in [-0.1, -0.05) is 6.07 Å². The van der Waals surface area contributed by atoms with Crippen molar-refractivity contribution >= 4 is 11.8 Å². The fourth-order valence-corrected chi connectivity index (χ4v) is 1.75. The Morgan fingerprint density at radius 3 is 2.57 bits per heavy atom. The van der Waals surface area contributed by atoms with Crippen molar-refractivity contribution < 1.29 is 5.11 Å². The number of phenolic OH excluding ortho intramolecular Hbond substituents is 1. The molecule has 1 heterocycles. The van der Waals surface area contributed by atoms with Crippen molar-refractivity contribution in [3.8, 4) is 5.75 Å². The Bertz CT molecular complexity index is 419. The van der Waals surface area contributed by atoms with Crippen molar-refractivity contribution in [2.45, 2.75) is 10.1 Å². The van der Waals surface area contributed by atoms with Gasteiger partial charge in [-0.15, -0.1) is 0 Å². The lowest BCUT2D eigenvalue weighted by Gasteiger charge is -1.99. The number of aromatic hydroxyl groups is 1. The molecule has 1 aromatic heterocycles. The Morgan fingerprint density at radius 2 is 1.86 bits per heavy atom. The van der Waals surface area contributed by atoms with E-state index in [1.165, 1.54) is 11.8 Å². The zero-order valence-electron chi connectivity index (χ0n) is 7.29. The van der Waals surface area contributed by atoms with E-state index in [0.29, 0.717) is 5.16 Å². The highest BCUT2D eigenvalue weighted by molar-refractivity contribution is 7.99. The molecule has 0 bridgehead atoms. The number of hydrogen-bond donors (Lipinski definition) is 1. The number of benzene rings is 1. The molecule has 2 aromatic rings. The van der Waals surface area contributed by atoms with Crippen molar-refractivity contribution in [3.05, 3.63) is 42.7 Å². The number of nitrogens with zero attached hydrogens (tertiary/aromatic N) is 2. The van der Waals surface area contributed by atoms with E-state index in [2.05, 4.69) is 9.97 Å². The van der Waals surface area contributed by atoms with Crippen molar-refractivity contribution in [1.82, 2.24) is 9.97 Å². The van der Waals surface area contributed by atoms with Crippen LogP contribution in [-0.2, 0) is 0 Å². The maximum atomic E-state index is 9.24. The molecular formula is C10H8N2OS. The van der Waals surface area contributed by atoms with E-state index >= 15 is 0 Å². The lowest BCUT2D eigenvalue weighted by molar-refractivity contribution is 0.474. The molecule has 0 aliphatic carbocycles. The van der Waals surface area contributed by atoms with Crippen molar-refractivity contribution in [2.75, 3.05) is 0 Å². The normalized spacial score (nSPS) is 10.0. The van der Waals surface area contributed by atoms with Crippen LogP contribution in [0.25, 0.3) is 0 Å². The second-order valence-corrected chi connectivity index (χ2v) is 3.67. The molecule has 1 N–H and O–H groups in total. The molecule has 0 unspecified atom stereocenters. The molecule has 0 aliphatic heterocycles. The Labute approximate surface area is 85.8 Å². The Kier molecular flexibility index (Phi) is 2.65. The topological polar surface area (TPSA) is 46.0 Å². The summed E-state index contributed by atoms with van der Waals surface area (Å²) in [6, 6.07) is 8.78. The molecule has 14 heavy (non-hydrogen) atoms. The first-order valence-electron chi connectivity index (χ1n) is 4.08. The summed E-state index contributed by atoms with van der Waals surface area (Å²) in [5.41, 5.74) is 0. The molecular weight excluding hydrogens is 196 g/mol. The van der Waals surface area contributed by atoms with Crippen LogP contribution >= 0.6 is 11.8 Å². The minimum Gasteiger partial charge on any atom is -0.508 e. The van der Waals surface area contributed by atoms with Crippen LogP contribution in [0, 0.1) is 0 Å². The van der Waals surface area contributed by atoms with Gasteiger partial charge in [0, 0.05) is 17.3 Å². The molecule has 1 aromatic carbocycles. The van der Waals surface area contributed by atoms with Gasteiger partial charge < -0.3 is 5.11 Å². The summed E-state index contributed by atoms with van der Waals surface area (Å²) in [6.45, 7) is 0. The minimum atomic E-state index is 0.255. The summed E-state index contributed by atoms with van der Waals surface area (Å²) >= 11 is 1.42. The average Bonchev–Trinajstić information content (AvgIpc) is 2.19. The van der Waals surface area contributed by atoms with Gasteiger partial charge in [0.2, 0.25) is 0 Å². The zero-order chi connectivity index (χ0) is 9.80. The van der Waals surface area contributed by atoms with E-state index in [1.54, 1.807) is 36.7 Å². The van der Waals surface area contributed by atoms with Crippen LogP contribution in [-0.4, -0.2) is 15.1 Å². The quantitative estimate of drug-likeness (QED) is 0.763. The predicted octanol–water partition coefficient (Wildman–Crippen LogP) is 2.33. The molecule has 0 atom stereocenters. The van der Waals surface area contributed by atoms with Crippen molar-refractivity contribution in [1.29, 1.82) is 0 Å². The van der Waals surface area contributed by atoms with E-state index in [4.69, 9.17) is 0 Å². The summed E-state index contributed by atoms with van der Waals surface area (Å²) < 4.78 is 0. The molecule has 0 aliphatic rings. The maximum Gasteiger partial charge on any atom is 0.192 e. The highest BCUT2D eigenvalue weighted by atomic mass is 32.2. The SMILES string of the molecule is Oc1cccc(Sc2ncccn2)c1. The maximum absolute atomic E-state index is 9.24. The van der Waals surface area contributed by atoms with Crippen LogP contribution in [0.4, 0.5) is 0 Å². The van der Waals surface area contributed by atoms with Crippen molar-refractivity contribution in [3.63, 3.8) is 0 Å². The van der Waals surface area contributed by atoms with Crippen LogP contribution in [0.2, 0.25) is 0 Å². The lowest BCUT2D eigenvalue weighted by Crippen LogP contribution is -1.82. The van der Waals surface area contributed by atoms with E-state index < -0.39 is 0 Å². The molecule has 0 amide bonds. The van der Waals surface area contributed by atoms with E-state index in [1.807, 2.05) is 6.07 Å². The monoisotopic (exact) mass is 204 g/mol. The van der Waals surface area contributed by atoms with Gasteiger partial charge in [0.15, 0.2) is 5.16 Å². The Morgan fingerprint density at radius 1 is 1.07 bits per heavy atom. The first kappa shape index (κ1) is 9.02. The van der Waals surface area contributed by atoms with Gasteiger partial charge >= 0.3 is 0 Å². The molecule has 2 rings (SSSR count). The van der Waals surface area contributed by atoms with Crippen LogP contribution < -0.4 is 0 Å². The van der Waals surface area contributed by atoms with Gasteiger partial charge in [-0.2, -0.15) is 0 Å². The van der Waals surface area contributed by atoms with E-state index in [-0.39, 0.29) is 5.75 Å². The van der Waals surface area contributed by atoms with E-state index in [0.717, 1.165) is 4.90 Å². The molecule has 0 saturated carbocycles. The molecule has 0 saturated heterocycles. The first-order chi connectivity index (χ1) is 6.84. The number of aromatic nitrogens is 2. The van der Waals surface area contributed by atoms with Crippen LogP contribution in [0.1, 0.15) is 0 Å². The number of phenols is 1. The third-order valence-electron chi connectivity index (χ3n) is 1.57. The number of rotatable bonds is 2. The highest BCUT2D eigenvalue weighted by Crippen LogP contribution is 2.26. The first-order valence-corrected chi connectivity index (χ1v) is 4.90. The fourth-order valence-electron chi connectivity index (χ4n) is 0.991. The molecule has 0 radical (unpaired) electrons. The van der Waals surface area contributed by atoms with Gasteiger partial charge in [0.05, 0.1) is 0 Å². The van der Waals surface area contributed by atoms with E-state index in [9.17, 15) is 5.11 Å². The van der Waals surface area contributed by atoms with Gasteiger partial charge in [0.1, 0.15) is 5.75 Å².